The van der Waals surface area contributed by atoms with Gasteiger partial charge in [0.05, 0.1) is 6.07 Å². The molecule has 17 heavy (non-hydrogen) atoms. The number of hydrogen-bond acceptors (Lipinski definition) is 2. The summed E-state index contributed by atoms with van der Waals surface area (Å²) in [5, 5.41) is 9.19. The zero-order chi connectivity index (χ0) is 12.5. The molecule has 0 atom stereocenters. The first-order valence-electron chi connectivity index (χ1n) is 6.76. The van der Waals surface area contributed by atoms with E-state index in [9.17, 15) is 10.1 Å². The number of amides is 1. The average Bonchev–Trinajstić information content (AvgIpc) is 2.29. The summed E-state index contributed by atoms with van der Waals surface area (Å²) in [5.41, 5.74) is -0.254. The van der Waals surface area contributed by atoms with Gasteiger partial charge in [0, 0.05) is 13.1 Å². The molecule has 1 amide bonds. The molecule has 2 aliphatic rings. The quantitative estimate of drug-likeness (QED) is 0.737. The third-order valence-corrected chi connectivity index (χ3v) is 4.94. The maximum Gasteiger partial charge on any atom is 0.243 e. The first kappa shape index (κ1) is 12.4. The molecule has 3 nitrogen and oxygen atoms in total. The van der Waals surface area contributed by atoms with Gasteiger partial charge in [0.2, 0.25) is 5.91 Å². The Bertz CT molecular complexity index is 344. The van der Waals surface area contributed by atoms with Crippen LogP contribution in [0.2, 0.25) is 0 Å². The Morgan fingerprint density at radius 3 is 2.24 bits per heavy atom. The van der Waals surface area contributed by atoms with E-state index in [1.807, 2.05) is 4.90 Å². The summed E-state index contributed by atoms with van der Waals surface area (Å²) in [6.07, 6.45) is 5.90. The van der Waals surface area contributed by atoms with Gasteiger partial charge >= 0.3 is 0 Å². The van der Waals surface area contributed by atoms with Crippen molar-refractivity contribution in [1.82, 2.24) is 4.90 Å². The zero-order valence-electron chi connectivity index (χ0n) is 11.0. The van der Waals surface area contributed by atoms with Crippen molar-refractivity contribution in [3.05, 3.63) is 0 Å². The normalized spacial score (nSPS) is 25.8. The summed E-state index contributed by atoms with van der Waals surface area (Å²) in [7, 11) is 0. The highest BCUT2D eigenvalue weighted by Gasteiger charge is 2.47. The fourth-order valence-corrected chi connectivity index (χ4v) is 2.81. The van der Waals surface area contributed by atoms with Crippen molar-refractivity contribution in [2.75, 3.05) is 13.1 Å². The van der Waals surface area contributed by atoms with Gasteiger partial charge < -0.3 is 4.90 Å². The van der Waals surface area contributed by atoms with E-state index in [1.165, 1.54) is 6.42 Å². The fourth-order valence-electron chi connectivity index (χ4n) is 2.81. The van der Waals surface area contributed by atoms with Crippen LogP contribution >= 0.6 is 0 Å². The summed E-state index contributed by atoms with van der Waals surface area (Å²) in [4.78, 5) is 14.3. The highest BCUT2D eigenvalue weighted by atomic mass is 16.2. The lowest BCUT2D eigenvalue weighted by Crippen LogP contribution is -2.51. The molecular weight excluding hydrogens is 212 g/mol. The van der Waals surface area contributed by atoms with E-state index in [2.05, 4.69) is 19.9 Å². The Kier molecular flexibility index (Phi) is 3.16. The summed E-state index contributed by atoms with van der Waals surface area (Å²) >= 11 is 0. The Morgan fingerprint density at radius 1 is 1.29 bits per heavy atom. The van der Waals surface area contributed by atoms with Gasteiger partial charge in [-0.2, -0.15) is 5.26 Å². The van der Waals surface area contributed by atoms with Crippen LogP contribution in [0.15, 0.2) is 0 Å². The van der Waals surface area contributed by atoms with Gasteiger partial charge in [0.25, 0.3) is 0 Å². The number of carbonyl (C=O) groups excluding carboxylic acids is 1. The molecule has 1 saturated heterocycles. The van der Waals surface area contributed by atoms with Crippen molar-refractivity contribution in [2.24, 2.45) is 10.8 Å². The van der Waals surface area contributed by atoms with Crippen LogP contribution in [0.5, 0.6) is 0 Å². The predicted octanol–water partition coefficient (Wildman–Crippen LogP) is 2.72. The molecule has 0 unspecified atom stereocenters. The van der Waals surface area contributed by atoms with Crippen molar-refractivity contribution in [3.8, 4) is 6.07 Å². The minimum Gasteiger partial charge on any atom is -0.341 e. The molecule has 2 rings (SSSR count). The second-order valence-electron chi connectivity index (χ2n) is 6.00. The molecule has 1 aliphatic carbocycles. The molecule has 0 N–H and O–H groups in total. The lowest BCUT2D eigenvalue weighted by atomic mass is 9.68. The molecule has 0 bridgehead atoms. The van der Waals surface area contributed by atoms with E-state index in [0.29, 0.717) is 5.41 Å². The minimum atomic E-state index is -0.653. The second kappa shape index (κ2) is 4.33. The molecule has 0 spiro atoms. The molecule has 2 fully saturated rings. The zero-order valence-corrected chi connectivity index (χ0v) is 11.0. The van der Waals surface area contributed by atoms with Gasteiger partial charge in [-0.05, 0) is 37.5 Å². The van der Waals surface area contributed by atoms with E-state index in [1.54, 1.807) is 0 Å². The van der Waals surface area contributed by atoms with Crippen LogP contribution in [-0.2, 0) is 4.79 Å². The number of hydrogen-bond donors (Lipinski definition) is 0. The van der Waals surface area contributed by atoms with E-state index in [-0.39, 0.29) is 5.91 Å². The average molecular weight is 234 g/mol. The van der Waals surface area contributed by atoms with Crippen LogP contribution in [-0.4, -0.2) is 23.9 Å². The molecule has 1 aliphatic heterocycles. The van der Waals surface area contributed by atoms with Crippen LogP contribution < -0.4 is 0 Å². The smallest absolute Gasteiger partial charge is 0.243 e. The number of rotatable bonds is 2. The van der Waals surface area contributed by atoms with E-state index < -0.39 is 5.41 Å². The summed E-state index contributed by atoms with van der Waals surface area (Å²) in [6.45, 7) is 6.21. The van der Waals surface area contributed by atoms with Gasteiger partial charge in [-0.15, -0.1) is 0 Å². The molecule has 0 aromatic heterocycles. The molecule has 94 valence electrons. The topological polar surface area (TPSA) is 44.1 Å². The van der Waals surface area contributed by atoms with Crippen LogP contribution in [0, 0.1) is 22.2 Å². The van der Waals surface area contributed by atoms with E-state index in [0.717, 1.165) is 45.2 Å². The van der Waals surface area contributed by atoms with Crippen molar-refractivity contribution in [1.29, 1.82) is 5.26 Å². The second-order valence-corrected chi connectivity index (χ2v) is 6.00. The van der Waals surface area contributed by atoms with Crippen molar-refractivity contribution >= 4 is 5.91 Å². The lowest BCUT2D eigenvalue weighted by molar-refractivity contribution is -0.145. The number of carbonyl (C=O) groups is 1. The van der Waals surface area contributed by atoms with Crippen LogP contribution in [0.3, 0.4) is 0 Å². The number of nitriles is 1. The van der Waals surface area contributed by atoms with Gasteiger partial charge in [-0.1, -0.05) is 20.3 Å². The van der Waals surface area contributed by atoms with Gasteiger partial charge in [0.1, 0.15) is 5.41 Å². The van der Waals surface area contributed by atoms with Crippen molar-refractivity contribution in [3.63, 3.8) is 0 Å². The van der Waals surface area contributed by atoms with Crippen LogP contribution in [0.25, 0.3) is 0 Å². The number of piperidine rings is 1. The van der Waals surface area contributed by atoms with Crippen LogP contribution in [0.4, 0.5) is 0 Å². The maximum absolute atomic E-state index is 12.3. The number of likely N-dealkylation sites (tertiary alicyclic amines) is 1. The Hall–Kier alpha value is -1.04. The monoisotopic (exact) mass is 234 g/mol. The number of nitrogens with zero attached hydrogens (tertiary/aromatic N) is 2. The molecule has 1 saturated carbocycles. The fraction of sp³-hybridized carbons (Fsp3) is 0.857. The minimum absolute atomic E-state index is 0.101. The molecular formula is C14H22N2O. The molecule has 1 heterocycles. The molecule has 0 aromatic carbocycles. The third-order valence-electron chi connectivity index (χ3n) is 4.94. The molecule has 3 heteroatoms. The third kappa shape index (κ3) is 2.06. The maximum atomic E-state index is 12.3. The van der Waals surface area contributed by atoms with E-state index >= 15 is 0 Å². The predicted molar refractivity (Wildman–Crippen MR) is 66.1 cm³/mol. The Labute approximate surface area is 104 Å². The summed E-state index contributed by atoms with van der Waals surface area (Å²) in [5.74, 6) is 0.101. The summed E-state index contributed by atoms with van der Waals surface area (Å²) in [6, 6.07) is 2.26. The molecule has 0 radical (unpaired) electrons. The highest BCUT2D eigenvalue weighted by Crippen LogP contribution is 2.43. The van der Waals surface area contributed by atoms with Gasteiger partial charge in [0.15, 0.2) is 0 Å². The Balaban J connectivity index is 1.98. The largest absolute Gasteiger partial charge is 0.341 e. The lowest BCUT2D eigenvalue weighted by Gasteiger charge is -2.43. The first-order chi connectivity index (χ1) is 8.05. The van der Waals surface area contributed by atoms with E-state index in [4.69, 9.17) is 0 Å². The SMILES string of the molecule is CCC1(C)CCN(C(=O)C2(C#N)CCC2)CC1. The van der Waals surface area contributed by atoms with Crippen molar-refractivity contribution < 1.29 is 4.79 Å². The molecule has 0 aromatic rings. The Morgan fingerprint density at radius 2 is 1.88 bits per heavy atom. The van der Waals surface area contributed by atoms with Gasteiger partial charge in [-0.3, -0.25) is 4.79 Å². The van der Waals surface area contributed by atoms with Crippen LogP contribution in [0.1, 0.15) is 52.4 Å². The van der Waals surface area contributed by atoms with Crippen molar-refractivity contribution in [2.45, 2.75) is 52.4 Å². The standard InChI is InChI=1S/C14H22N2O/c1-3-13(2)7-9-16(10-8-13)12(17)14(11-15)5-4-6-14/h3-10H2,1-2H3. The first-order valence-corrected chi connectivity index (χ1v) is 6.76. The summed E-state index contributed by atoms with van der Waals surface area (Å²) < 4.78 is 0. The highest BCUT2D eigenvalue weighted by molar-refractivity contribution is 5.86. The van der Waals surface area contributed by atoms with Gasteiger partial charge in [-0.25, -0.2) is 0 Å².